The number of aromatic nitrogens is 1. The van der Waals surface area contributed by atoms with Gasteiger partial charge in [0.2, 0.25) is 0 Å². The Morgan fingerprint density at radius 2 is 1.89 bits per heavy atom. The molecule has 2 rings (SSSR count). The minimum atomic E-state index is -0.494. The Kier molecular flexibility index (Phi) is 4.24. The Balaban J connectivity index is 2.02. The molecule has 0 unspecified atom stereocenters. The molecule has 0 spiro atoms. The number of halogens is 2. The molecule has 2 amide bonds. The summed E-state index contributed by atoms with van der Waals surface area (Å²) in [5, 5.41) is 0.301. The van der Waals surface area contributed by atoms with E-state index in [-0.39, 0.29) is 5.56 Å². The SMILES string of the molecule is O=C(NNC(=O)c1cc(Br)ccc1Cl)c1ccc[nH]1. The van der Waals surface area contributed by atoms with Crippen molar-refractivity contribution >= 4 is 39.3 Å². The van der Waals surface area contributed by atoms with Gasteiger partial charge in [-0.1, -0.05) is 27.5 Å². The summed E-state index contributed by atoms with van der Waals surface area (Å²) in [6, 6.07) is 8.15. The van der Waals surface area contributed by atoms with E-state index in [1.807, 2.05) is 0 Å². The maximum atomic E-state index is 11.9. The van der Waals surface area contributed by atoms with Gasteiger partial charge < -0.3 is 4.98 Å². The number of hydrogen-bond donors (Lipinski definition) is 3. The predicted octanol–water partition coefficient (Wildman–Crippen LogP) is 2.51. The predicted molar refractivity (Wildman–Crippen MR) is 74.9 cm³/mol. The summed E-state index contributed by atoms with van der Waals surface area (Å²) in [5.41, 5.74) is 5.19. The molecule has 0 saturated carbocycles. The number of benzene rings is 1. The molecule has 19 heavy (non-hydrogen) atoms. The van der Waals surface area contributed by atoms with Crippen LogP contribution in [0.4, 0.5) is 0 Å². The first-order chi connectivity index (χ1) is 9.08. The van der Waals surface area contributed by atoms with E-state index in [0.717, 1.165) is 4.47 Å². The molecule has 0 atom stereocenters. The van der Waals surface area contributed by atoms with Gasteiger partial charge in [-0.15, -0.1) is 0 Å². The molecule has 0 aliphatic carbocycles. The van der Waals surface area contributed by atoms with Gasteiger partial charge in [0.25, 0.3) is 11.8 Å². The van der Waals surface area contributed by atoms with Gasteiger partial charge in [-0.2, -0.15) is 0 Å². The van der Waals surface area contributed by atoms with E-state index in [4.69, 9.17) is 11.6 Å². The summed E-state index contributed by atoms with van der Waals surface area (Å²) in [4.78, 5) is 26.2. The van der Waals surface area contributed by atoms with E-state index in [9.17, 15) is 9.59 Å². The third kappa shape index (κ3) is 3.36. The molecule has 7 heteroatoms. The largest absolute Gasteiger partial charge is 0.357 e. The smallest absolute Gasteiger partial charge is 0.286 e. The highest BCUT2D eigenvalue weighted by Gasteiger charge is 2.12. The number of nitrogens with one attached hydrogen (secondary N) is 3. The molecule has 2 aromatic rings. The van der Waals surface area contributed by atoms with E-state index < -0.39 is 11.8 Å². The molecule has 1 heterocycles. The lowest BCUT2D eigenvalue weighted by Crippen LogP contribution is -2.41. The minimum absolute atomic E-state index is 0.267. The molecule has 0 saturated heterocycles. The lowest BCUT2D eigenvalue weighted by molar-refractivity contribution is 0.0844. The van der Waals surface area contributed by atoms with Crippen molar-refractivity contribution in [2.24, 2.45) is 0 Å². The minimum Gasteiger partial charge on any atom is -0.357 e. The molecule has 98 valence electrons. The Labute approximate surface area is 122 Å². The van der Waals surface area contributed by atoms with Crippen molar-refractivity contribution in [2.75, 3.05) is 0 Å². The third-order valence-electron chi connectivity index (χ3n) is 2.31. The number of amides is 2. The number of rotatable bonds is 2. The van der Waals surface area contributed by atoms with Crippen LogP contribution in [0.5, 0.6) is 0 Å². The quantitative estimate of drug-likeness (QED) is 0.734. The van der Waals surface area contributed by atoms with Crippen molar-refractivity contribution in [3.05, 3.63) is 57.3 Å². The summed E-state index contributed by atoms with van der Waals surface area (Å²) < 4.78 is 0.720. The maximum Gasteiger partial charge on any atom is 0.286 e. The van der Waals surface area contributed by atoms with Gasteiger partial charge >= 0.3 is 0 Å². The molecule has 1 aromatic carbocycles. The van der Waals surface area contributed by atoms with Crippen molar-refractivity contribution in [1.82, 2.24) is 15.8 Å². The summed E-state index contributed by atoms with van der Waals surface area (Å²) in [7, 11) is 0. The summed E-state index contributed by atoms with van der Waals surface area (Å²) in [5.74, 6) is -0.935. The normalized spacial score (nSPS) is 10.0. The fourth-order valence-corrected chi connectivity index (χ4v) is 1.96. The first-order valence-electron chi connectivity index (χ1n) is 5.27. The van der Waals surface area contributed by atoms with E-state index >= 15 is 0 Å². The lowest BCUT2D eigenvalue weighted by atomic mass is 10.2. The maximum absolute atomic E-state index is 11.9. The molecular formula is C12H9BrClN3O2. The Morgan fingerprint density at radius 1 is 1.16 bits per heavy atom. The lowest BCUT2D eigenvalue weighted by Gasteiger charge is -2.08. The van der Waals surface area contributed by atoms with Crippen molar-refractivity contribution in [1.29, 1.82) is 0 Å². The summed E-state index contributed by atoms with van der Waals surface area (Å²) in [6.07, 6.45) is 1.61. The van der Waals surface area contributed by atoms with Crippen molar-refractivity contribution < 1.29 is 9.59 Å². The Bertz CT molecular complexity index is 613. The second-order valence-corrected chi connectivity index (χ2v) is 4.94. The molecule has 0 fully saturated rings. The van der Waals surface area contributed by atoms with Crippen LogP contribution in [-0.4, -0.2) is 16.8 Å². The van der Waals surface area contributed by atoms with Crippen LogP contribution < -0.4 is 10.9 Å². The van der Waals surface area contributed by atoms with Gasteiger partial charge in [0.05, 0.1) is 10.6 Å². The molecule has 0 aliphatic heterocycles. The van der Waals surface area contributed by atoms with Crippen molar-refractivity contribution in [3.8, 4) is 0 Å². The first-order valence-corrected chi connectivity index (χ1v) is 6.44. The zero-order valence-electron chi connectivity index (χ0n) is 9.54. The van der Waals surface area contributed by atoms with Crippen LogP contribution in [0.3, 0.4) is 0 Å². The summed E-state index contributed by atoms with van der Waals surface area (Å²) >= 11 is 9.15. The second kappa shape index (κ2) is 5.90. The fourth-order valence-electron chi connectivity index (χ4n) is 1.39. The van der Waals surface area contributed by atoms with Gasteiger partial charge in [0, 0.05) is 10.7 Å². The zero-order chi connectivity index (χ0) is 13.8. The number of H-pyrrole nitrogens is 1. The number of hydrazine groups is 1. The van der Waals surface area contributed by atoms with E-state index in [0.29, 0.717) is 10.7 Å². The van der Waals surface area contributed by atoms with E-state index in [2.05, 4.69) is 31.8 Å². The number of carbonyl (C=O) groups excluding carboxylic acids is 2. The molecule has 1 aromatic heterocycles. The molecule has 0 aliphatic rings. The van der Waals surface area contributed by atoms with E-state index in [1.165, 1.54) is 0 Å². The average molecular weight is 343 g/mol. The summed E-state index contributed by atoms with van der Waals surface area (Å²) in [6.45, 7) is 0. The number of hydrogen-bond acceptors (Lipinski definition) is 2. The van der Waals surface area contributed by atoms with Crippen LogP contribution in [-0.2, 0) is 0 Å². The van der Waals surface area contributed by atoms with Gasteiger partial charge in [-0.25, -0.2) is 0 Å². The van der Waals surface area contributed by atoms with E-state index in [1.54, 1.807) is 36.5 Å². The van der Waals surface area contributed by atoms with Crippen LogP contribution in [0, 0.1) is 0 Å². The monoisotopic (exact) mass is 341 g/mol. The average Bonchev–Trinajstić information content (AvgIpc) is 2.92. The van der Waals surface area contributed by atoms with Crippen molar-refractivity contribution in [3.63, 3.8) is 0 Å². The number of aromatic amines is 1. The third-order valence-corrected chi connectivity index (χ3v) is 3.13. The standard InChI is InChI=1S/C12H9BrClN3O2/c13-7-3-4-9(14)8(6-7)11(18)16-17-12(19)10-2-1-5-15-10/h1-6,15H,(H,16,18)(H,17,19). The topological polar surface area (TPSA) is 74.0 Å². The molecule has 0 radical (unpaired) electrons. The van der Waals surface area contributed by atoms with Gasteiger partial charge in [0.15, 0.2) is 0 Å². The number of carbonyl (C=O) groups is 2. The Hall–Kier alpha value is -1.79. The zero-order valence-corrected chi connectivity index (χ0v) is 11.9. The van der Waals surface area contributed by atoms with Crippen LogP contribution >= 0.6 is 27.5 Å². The van der Waals surface area contributed by atoms with Crippen LogP contribution in [0.15, 0.2) is 41.0 Å². The van der Waals surface area contributed by atoms with Gasteiger partial charge in [-0.3, -0.25) is 20.4 Å². The highest BCUT2D eigenvalue weighted by molar-refractivity contribution is 9.10. The van der Waals surface area contributed by atoms with Crippen molar-refractivity contribution in [2.45, 2.75) is 0 Å². The molecule has 3 N–H and O–H groups in total. The molecular weight excluding hydrogens is 334 g/mol. The van der Waals surface area contributed by atoms with Gasteiger partial charge in [-0.05, 0) is 30.3 Å². The van der Waals surface area contributed by atoms with Crippen LogP contribution in [0.1, 0.15) is 20.8 Å². The Morgan fingerprint density at radius 3 is 2.58 bits per heavy atom. The first kappa shape index (κ1) is 13.6. The van der Waals surface area contributed by atoms with Crippen LogP contribution in [0.25, 0.3) is 0 Å². The molecule has 5 nitrogen and oxygen atoms in total. The van der Waals surface area contributed by atoms with Crippen LogP contribution in [0.2, 0.25) is 5.02 Å². The molecule has 0 bridgehead atoms. The van der Waals surface area contributed by atoms with Gasteiger partial charge in [0.1, 0.15) is 5.69 Å². The highest BCUT2D eigenvalue weighted by Crippen LogP contribution is 2.20. The fraction of sp³-hybridized carbons (Fsp3) is 0. The second-order valence-electron chi connectivity index (χ2n) is 3.62. The highest BCUT2D eigenvalue weighted by atomic mass is 79.9.